The van der Waals surface area contributed by atoms with Crippen LogP contribution in [0.4, 0.5) is 0 Å². The third-order valence-electron chi connectivity index (χ3n) is 2.93. The molecule has 6 heteroatoms. The normalized spacial score (nSPS) is 11.8. The molecule has 0 aliphatic heterocycles. The zero-order valence-electron chi connectivity index (χ0n) is 12.4. The molecular formula is C14H22N2O4. The monoisotopic (exact) mass is 282 g/mol. The maximum absolute atomic E-state index is 10.8. The van der Waals surface area contributed by atoms with E-state index in [1.807, 2.05) is 13.0 Å². The molecule has 20 heavy (non-hydrogen) atoms. The summed E-state index contributed by atoms with van der Waals surface area (Å²) in [7, 11) is 4.75. The van der Waals surface area contributed by atoms with Crippen LogP contribution in [0.5, 0.6) is 17.2 Å². The minimum atomic E-state index is -0.329. The van der Waals surface area contributed by atoms with Gasteiger partial charge in [0.1, 0.15) is 5.75 Å². The molecule has 0 bridgehead atoms. The van der Waals surface area contributed by atoms with Crippen LogP contribution in [0, 0.1) is 0 Å². The quantitative estimate of drug-likeness (QED) is 0.745. The Morgan fingerprint density at radius 3 is 2.20 bits per heavy atom. The van der Waals surface area contributed by atoms with Gasteiger partial charge in [-0.05, 0) is 13.0 Å². The first-order valence-corrected chi connectivity index (χ1v) is 6.32. The zero-order valence-corrected chi connectivity index (χ0v) is 12.4. The van der Waals surface area contributed by atoms with Gasteiger partial charge < -0.3 is 25.3 Å². The SMILES string of the molecule is COc1cc(OC)c(OC)cc1CNC(C)CC(N)=O. The number of nitrogens with two attached hydrogens (primary N) is 1. The smallest absolute Gasteiger partial charge is 0.218 e. The molecule has 1 atom stereocenters. The topological polar surface area (TPSA) is 82.8 Å². The third-order valence-corrected chi connectivity index (χ3v) is 2.93. The molecule has 1 aromatic carbocycles. The summed E-state index contributed by atoms with van der Waals surface area (Å²) in [4.78, 5) is 10.8. The van der Waals surface area contributed by atoms with Crippen molar-refractivity contribution in [3.8, 4) is 17.2 Å². The number of nitrogens with one attached hydrogen (secondary N) is 1. The number of hydrogen-bond acceptors (Lipinski definition) is 5. The Bertz CT molecular complexity index is 463. The highest BCUT2D eigenvalue weighted by Gasteiger charge is 2.13. The highest BCUT2D eigenvalue weighted by Crippen LogP contribution is 2.34. The van der Waals surface area contributed by atoms with Crippen molar-refractivity contribution in [3.05, 3.63) is 17.7 Å². The van der Waals surface area contributed by atoms with Gasteiger partial charge in [0.25, 0.3) is 0 Å². The van der Waals surface area contributed by atoms with E-state index in [9.17, 15) is 4.79 Å². The van der Waals surface area contributed by atoms with E-state index in [-0.39, 0.29) is 18.4 Å². The first-order chi connectivity index (χ1) is 9.51. The zero-order chi connectivity index (χ0) is 15.1. The van der Waals surface area contributed by atoms with Crippen molar-refractivity contribution in [1.82, 2.24) is 5.32 Å². The summed E-state index contributed by atoms with van der Waals surface area (Å²) in [6.07, 6.45) is 0.287. The molecule has 6 nitrogen and oxygen atoms in total. The third kappa shape index (κ3) is 4.31. The van der Waals surface area contributed by atoms with Crippen molar-refractivity contribution in [2.45, 2.75) is 25.9 Å². The van der Waals surface area contributed by atoms with Crippen molar-refractivity contribution < 1.29 is 19.0 Å². The maximum Gasteiger partial charge on any atom is 0.218 e. The van der Waals surface area contributed by atoms with Crippen molar-refractivity contribution in [2.75, 3.05) is 21.3 Å². The number of amides is 1. The molecule has 1 aromatic rings. The molecule has 1 amide bonds. The van der Waals surface area contributed by atoms with Gasteiger partial charge in [0, 0.05) is 30.6 Å². The van der Waals surface area contributed by atoms with Gasteiger partial charge in [0.05, 0.1) is 21.3 Å². The summed E-state index contributed by atoms with van der Waals surface area (Å²) in [5.41, 5.74) is 6.08. The summed E-state index contributed by atoms with van der Waals surface area (Å²) < 4.78 is 15.8. The van der Waals surface area contributed by atoms with Crippen LogP contribution in [-0.4, -0.2) is 33.3 Å². The second-order valence-electron chi connectivity index (χ2n) is 4.47. The van der Waals surface area contributed by atoms with E-state index in [1.54, 1.807) is 27.4 Å². The Balaban J connectivity index is 2.85. The predicted molar refractivity (Wildman–Crippen MR) is 76.2 cm³/mol. The Kier molecular flexibility index (Phi) is 6.11. The van der Waals surface area contributed by atoms with Crippen LogP contribution in [0.3, 0.4) is 0 Å². The lowest BCUT2D eigenvalue weighted by Crippen LogP contribution is -2.30. The summed E-state index contributed by atoms with van der Waals surface area (Å²) in [5, 5.41) is 3.22. The van der Waals surface area contributed by atoms with Crippen LogP contribution in [0.25, 0.3) is 0 Å². The fourth-order valence-corrected chi connectivity index (χ4v) is 1.89. The van der Waals surface area contributed by atoms with Crippen LogP contribution in [0.1, 0.15) is 18.9 Å². The lowest BCUT2D eigenvalue weighted by Gasteiger charge is -2.16. The molecule has 0 aromatic heterocycles. The second-order valence-corrected chi connectivity index (χ2v) is 4.47. The van der Waals surface area contributed by atoms with Crippen LogP contribution >= 0.6 is 0 Å². The minimum Gasteiger partial charge on any atom is -0.496 e. The van der Waals surface area contributed by atoms with E-state index in [0.717, 1.165) is 5.56 Å². The molecule has 0 saturated carbocycles. The predicted octanol–water partition coefficient (Wildman–Crippen LogP) is 1.07. The molecule has 112 valence electrons. The van der Waals surface area contributed by atoms with Gasteiger partial charge in [0.2, 0.25) is 5.91 Å². The van der Waals surface area contributed by atoms with Gasteiger partial charge >= 0.3 is 0 Å². The Labute approximate surface area is 119 Å². The van der Waals surface area contributed by atoms with E-state index >= 15 is 0 Å². The molecule has 0 saturated heterocycles. The highest BCUT2D eigenvalue weighted by atomic mass is 16.5. The number of rotatable bonds is 8. The molecule has 0 spiro atoms. The van der Waals surface area contributed by atoms with Crippen LogP contribution in [0.2, 0.25) is 0 Å². The van der Waals surface area contributed by atoms with E-state index in [2.05, 4.69) is 5.32 Å². The van der Waals surface area contributed by atoms with Crippen molar-refractivity contribution in [1.29, 1.82) is 0 Å². The Morgan fingerprint density at radius 1 is 1.15 bits per heavy atom. The van der Waals surface area contributed by atoms with Crippen LogP contribution < -0.4 is 25.3 Å². The van der Waals surface area contributed by atoms with Crippen LogP contribution in [-0.2, 0) is 11.3 Å². The number of hydrogen-bond donors (Lipinski definition) is 2. The molecule has 0 aliphatic rings. The second kappa shape index (κ2) is 7.59. The molecule has 1 unspecified atom stereocenters. The average Bonchev–Trinajstić information content (AvgIpc) is 2.43. The lowest BCUT2D eigenvalue weighted by molar-refractivity contribution is -0.118. The number of benzene rings is 1. The summed E-state index contributed by atoms with van der Waals surface area (Å²) in [6, 6.07) is 3.61. The van der Waals surface area contributed by atoms with E-state index in [0.29, 0.717) is 23.8 Å². The van der Waals surface area contributed by atoms with E-state index in [1.165, 1.54) is 0 Å². The number of methoxy groups -OCH3 is 3. The highest BCUT2D eigenvalue weighted by molar-refractivity contribution is 5.74. The fraction of sp³-hybridized carbons (Fsp3) is 0.500. The van der Waals surface area contributed by atoms with Crippen molar-refractivity contribution >= 4 is 5.91 Å². The van der Waals surface area contributed by atoms with Crippen molar-refractivity contribution in [3.63, 3.8) is 0 Å². The Morgan fingerprint density at radius 2 is 1.70 bits per heavy atom. The largest absolute Gasteiger partial charge is 0.496 e. The average molecular weight is 282 g/mol. The number of carbonyl (C=O) groups is 1. The van der Waals surface area contributed by atoms with Gasteiger partial charge in [0.15, 0.2) is 11.5 Å². The standard InChI is InChI=1S/C14H22N2O4/c1-9(5-14(15)17)16-8-10-6-12(19-3)13(20-4)7-11(10)18-2/h6-7,9,16H,5,8H2,1-4H3,(H2,15,17). The number of ether oxygens (including phenoxy) is 3. The van der Waals surface area contributed by atoms with Crippen molar-refractivity contribution in [2.24, 2.45) is 5.73 Å². The minimum absolute atomic E-state index is 0.00898. The molecule has 1 rings (SSSR count). The molecule has 0 radical (unpaired) electrons. The summed E-state index contributed by atoms with van der Waals surface area (Å²) >= 11 is 0. The van der Waals surface area contributed by atoms with E-state index < -0.39 is 0 Å². The first-order valence-electron chi connectivity index (χ1n) is 6.32. The fourth-order valence-electron chi connectivity index (χ4n) is 1.89. The molecule has 0 aliphatic carbocycles. The maximum atomic E-state index is 10.8. The molecule has 0 heterocycles. The van der Waals surface area contributed by atoms with E-state index in [4.69, 9.17) is 19.9 Å². The summed E-state index contributed by atoms with van der Waals surface area (Å²) in [6.45, 7) is 2.44. The molecule has 0 fully saturated rings. The van der Waals surface area contributed by atoms with Gasteiger partial charge in [-0.1, -0.05) is 0 Å². The van der Waals surface area contributed by atoms with Gasteiger partial charge in [-0.25, -0.2) is 0 Å². The van der Waals surface area contributed by atoms with Gasteiger partial charge in [-0.2, -0.15) is 0 Å². The molecular weight excluding hydrogens is 260 g/mol. The van der Waals surface area contributed by atoms with Crippen LogP contribution in [0.15, 0.2) is 12.1 Å². The Hall–Kier alpha value is -1.95. The number of primary amides is 1. The molecule has 3 N–H and O–H groups in total. The summed E-state index contributed by atoms with van der Waals surface area (Å²) in [5.74, 6) is 1.61. The number of carbonyl (C=O) groups excluding carboxylic acids is 1. The first kappa shape index (κ1) is 16.1. The van der Waals surface area contributed by atoms with Gasteiger partial charge in [-0.3, -0.25) is 4.79 Å². The van der Waals surface area contributed by atoms with Gasteiger partial charge in [-0.15, -0.1) is 0 Å². The lowest BCUT2D eigenvalue weighted by atomic mass is 10.1.